The van der Waals surface area contributed by atoms with Crippen molar-refractivity contribution in [2.45, 2.75) is 13.3 Å². The molecule has 0 saturated heterocycles. The molecule has 0 aliphatic heterocycles. The van der Waals surface area contributed by atoms with Crippen molar-refractivity contribution in [2.24, 2.45) is 7.05 Å². The highest BCUT2D eigenvalue weighted by Crippen LogP contribution is 2.27. The molecular weight excluding hydrogens is 337 g/mol. The topological polar surface area (TPSA) is 30.7 Å². The van der Waals surface area contributed by atoms with Crippen molar-refractivity contribution in [3.05, 3.63) is 83.4 Å². The van der Waals surface area contributed by atoms with Gasteiger partial charge >= 0.3 is 0 Å². The smallest absolute Gasteiger partial charge is 0.123 e. The van der Waals surface area contributed by atoms with Crippen molar-refractivity contribution >= 4 is 10.9 Å². The quantitative estimate of drug-likeness (QED) is 0.487. The van der Waals surface area contributed by atoms with Crippen LogP contribution >= 0.6 is 0 Å². The summed E-state index contributed by atoms with van der Waals surface area (Å²) >= 11 is 0. The van der Waals surface area contributed by atoms with E-state index in [2.05, 4.69) is 29.9 Å². The zero-order chi connectivity index (χ0) is 18.8. The molecule has 0 unspecified atom stereocenters. The van der Waals surface area contributed by atoms with Crippen LogP contribution in [-0.4, -0.2) is 14.8 Å². The first-order chi connectivity index (χ1) is 13.1. The molecule has 4 aromatic rings. The van der Waals surface area contributed by atoms with E-state index in [1.54, 1.807) is 23.0 Å². The minimum Gasteiger partial charge on any atom is -0.275 e. The van der Waals surface area contributed by atoms with Gasteiger partial charge < -0.3 is 0 Å². The third-order valence-corrected chi connectivity index (χ3v) is 4.47. The summed E-state index contributed by atoms with van der Waals surface area (Å²) in [5, 5.41) is 5.19. The molecule has 0 N–H and O–H groups in total. The first-order valence-corrected chi connectivity index (χ1v) is 8.83. The van der Waals surface area contributed by atoms with Crippen LogP contribution in [0.15, 0.2) is 60.9 Å². The first-order valence-electron chi connectivity index (χ1n) is 8.83. The SMILES string of the molecule is CCc1cc2cccc(C#Cc3cnn(C)c3)c2nc1-c1ccc(F)cc1. The molecular formula is C23H18FN3. The molecule has 2 aromatic heterocycles. The Labute approximate surface area is 157 Å². The number of aromatic nitrogens is 3. The van der Waals surface area contributed by atoms with Gasteiger partial charge in [0.05, 0.1) is 28.5 Å². The van der Waals surface area contributed by atoms with Gasteiger partial charge in [-0.25, -0.2) is 9.37 Å². The van der Waals surface area contributed by atoms with Gasteiger partial charge in [0.1, 0.15) is 5.82 Å². The number of halogens is 1. The molecule has 27 heavy (non-hydrogen) atoms. The molecule has 0 spiro atoms. The van der Waals surface area contributed by atoms with E-state index in [4.69, 9.17) is 4.98 Å². The Morgan fingerprint density at radius 3 is 2.59 bits per heavy atom. The minimum absolute atomic E-state index is 0.249. The Bertz CT molecular complexity index is 1180. The number of nitrogens with zero attached hydrogens (tertiary/aromatic N) is 3. The molecule has 0 amide bonds. The molecule has 2 heterocycles. The summed E-state index contributed by atoms with van der Waals surface area (Å²) in [6.45, 7) is 2.10. The van der Waals surface area contributed by atoms with Gasteiger partial charge in [-0.2, -0.15) is 5.10 Å². The standard InChI is InChI=1S/C23H18FN3/c1-3-17-13-20-6-4-5-18(8-7-16-14-25-27(2)15-16)23(20)26-22(17)19-9-11-21(24)12-10-19/h4-6,9-15H,3H2,1-2H3. The van der Waals surface area contributed by atoms with E-state index in [1.807, 2.05) is 31.4 Å². The van der Waals surface area contributed by atoms with Crippen LogP contribution in [0.3, 0.4) is 0 Å². The van der Waals surface area contributed by atoms with Crippen LogP contribution < -0.4 is 0 Å². The van der Waals surface area contributed by atoms with E-state index < -0.39 is 0 Å². The third kappa shape index (κ3) is 3.45. The predicted octanol–water partition coefficient (Wildman–Crippen LogP) is 4.74. The number of rotatable bonds is 2. The summed E-state index contributed by atoms with van der Waals surface area (Å²) in [5.74, 6) is 6.11. The zero-order valence-electron chi connectivity index (χ0n) is 15.2. The third-order valence-electron chi connectivity index (χ3n) is 4.47. The lowest BCUT2D eigenvalue weighted by atomic mass is 10.00. The molecule has 4 rings (SSSR count). The first kappa shape index (κ1) is 17.0. The summed E-state index contributed by atoms with van der Waals surface area (Å²) in [7, 11) is 1.87. The molecule has 0 radical (unpaired) electrons. The number of hydrogen-bond donors (Lipinski definition) is 0. The normalized spacial score (nSPS) is 10.6. The molecule has 3 nitrogen and oxygen atoms in total. The van der Waals surface area contributed by atoms with Crippen molar-refractivity contribution in [3.63, 3.8) is 0 Å². The van der Waals surface area contributed by atoms with Crippen LogP contribution in [-0.2, 0) is 13.5 Å². The van der Waals surface area contributed by atoms with Crippen LogP contribution in [0.2, 0.25) is 0 Å². The maximum absolute atomic E-state index is 13.3. The van der Waals surface area contributed by atoms with E-state index in [0.717, 1.165) is 45.3 Å². The molecule has 0 fully saturated rings. The number of aryl methyl sites for hydroxylation is 2. The van der Waals surface area contributed by atoms with Gasteiger partial charge in [0.2, 0.25) is 0 Å². The predicted molar refractivity (Wildman–Crippen MR) is 106 cm³/mol. The Kier molecular flexibility index (Phi) is 4.43. The summed E-state index contributed by atoms with van der Waals surface area (Å²) in [6, 6.07) is 14.6. The zero-order valence-corrected chi connectivity index (χ0v) is 15.2. The van der Waals surface area contributed by atoms with Crippen molar-refractivity contribution in [3.8, 4) is 23.1 Å². The second kappa shape index (κ2) is 7.05. The average molecular weight is 355 g/mol. The largest absolute Gasteiger partial charge is 0.275 e. The van der Waals surface area contributed by atoms with Gasteiger partial charge in [-0.15, -0.1) is 0 Å². The number of para-hydroxylation sites is 1. The fraction of sp³-hybridized carbons (Fsp3) is 0.130. The lowest BCUT2D eigenvalue weighted by molar-refractivity contribution is 0.628. The maximum Gasteiger partial charge on any atom is 0.123 e. The molecule has 0 aliphatic carbocycles. The van der Waals surface area contributed by atoms with E-state index in [-0.39, 0.29) is 5.82 Å². The van der Waals surface area contributed by atoms with Crippen molar-refractivity contribution in [1.82, 2.24) is 14.8 Å². The summed E-state index contributed by atoms with van der Waals surface area (Å²) in [5.41, 5.74) is 5.49. The Morgan fingerprint density at radius 1 is 1.07 bits per heavy atom. The summed E-state index contributed by atoms with van der Waals surface area (Å²) in [4.78, 5) is 4.92. The van der Waals surface area contributed by atoms with E-state index in [9.17, 15) is 4.39 Å². The van der Waals surface area contributed by atoms with Gasteiger partial charge in [-0.1, -0.05) is 30.9 Å². The van der Waals surface area contributed by atoms with Gasteiger partial charge in [-0.05, 0) is 48.4 Å². The number of hydrogen-bond acceptors (Lipinski definition) is 2. The molecule has 2 aromatic carbocycles. The molecule has 0 atom stereocenters. The Hall–Kier alpha value is -3.45. The van der Waals surface area contributed by atoms with Gasteiger partial charge in [0, 0.05) is 24.2 Å². The fourth-order valence-electron chi connectivity index (χ4n) is 3.10. The van der Waals surface area contributed by atoms with Crippen LogP contribution in [0.5, 0.6) is 0 Å². The van der Waals surface area contributed by atoms with E-state index in [0.29, 0.717) is 0 Å². The van der Waals surface area contributed by atoms with Gasteiger partial charge in [0.15, 0.2) is 0 Å². The van der Waals surface area contributed by atoms with Crippen LogP contribution in [0.4, 0.5) is 4.39 Å². The highest BCUT2D eigenvalue weighted by molar-refractivity contribution is 5.88. The van der Waals surface area contributed by atoms with Crippen molar-refractivity contribution < 1.29 is 4.39 Å². The van der Waals surface area contributed by atoms with Crippen LogP contribution in [0, 0.1) is 17.7 Å². The number of pyridine rings is 1. The van der Waals surface area contributed by atoms with Crippen molar-refractivity contribution in [1.29, 1.82) is 0 Å². The average Bonchev–Trinajstić information content (AvgIpc) is 3.11. The lowest BCUT2D eigenvalue weighted by Crippen LogP contribution is -1.95. The number of fused-ring (bicyclic) bond motifs is 1. The molecule has 4 heteroatoms. The molecule has 132 valence electrons. The van der Waals surface area contributed by atoms with Gasteiger partial charge in [-0.3, -0.25) is 4.68 Å². The Balaban J connectivity index is 1.88. The summed E-state index contributed by atoms with van der Waals surface area (Å²) in [6.07, 6.45) is 4.47. The highest BCUT2D eigenvalue weighted by Gasteiger charge is 2.10. The monoisotopic (exact) mass is 355 g/mol. The Morgan fingerprint density at radius 2 is 1.89 bits per heavy atom. The molecule has 0 saturated carbocycles. The maximum atomic E-state index is 13.3. The van der Waals surface area contributed by atoms with E-state index >= 15 is 0 Å². The minimum atomic E-state index is -0.249. The van der Waals surface area contributed by atoms with Crippen LogP contribution in [0.1, 0.15) is 23.6 Å². The molecule has 0 bridgehead atoms. The highest BCUT2D eigenvalue weighted by atomic mass is 19.1. The summed E-state index contributed by atoms with van der Waals surface area (Å²) < 4.78 is 15.0. The number of benzene rings is 2. The van der Waals surface area contributed by atoms with E-state index in [1.165, 1.54) is 12.1 Å². The fourth-order valence-corrected chi connectivity index (χ4v) is 3.10. The second-order valence-electron chi connectivity index (χ2n) is 6.39. The molecule has 0 aliphatic rings. The van der Waals surface area contributed by atoms with Crippen LogP contribution in [0.25, 0.3) is 22.2 Å². The second-order valence-corrected chi connectivity index (χ2v) is 6.39. The van der Waals surface area contributed by atoms with Gasteiger partial charge in [0.25, 0.3) is 0 Å². The van der Waals surface area contributed by atoms with Crippen molar-refractivity contribution in [2.75, 3.05) is 0 Å². The lowest BCUT2D eigenvalue weighted by Gasteiger charge is -2.10.